The van der Waals surface area contributed by atoms with E-state index in [2.05, 4.69) is 38.1 Å². The molecule has 1 aromatic carbocycles. The van der Waals surface area contributed by atoms with E-state index in [9.17, 15) is 4.39 Å². The summed E-state index contributed by atoms with van der Waals surface area (Å²) in [5.41, 5.74) is 5.32. The second-order valence-corrected chi connectivity index (χ2v) is 5.72. The van der Waals surface area contributed by atoms with Crippen LogP contribution in [0, 0.1) is 19.7 Å². The van der Waals surface area contributed by atoms with E-state index < -0.39 is 0 Å². The van der Waals surface area contributed by atoms with Gasteiger partial charge < -0.3 is 5.32 Å². The molecule has 1 aromatic heterocycles. The third-order valence-electron chi connectivity index (χ3n) is 3.77. The lowest BCUT2D eigenvalue weighted by Crippen LogP contribution is -2.23. The van der Waals surface area contributed by atoms with E-state index >= 15 is 0 Å². The van der Waals surface area contributed by atoms with E-state index in [1.165, 1.54) is 11.6 Å². The molecule has 3 nitrogen and oxygen atoms in total. The Hall–Kier alpha value is -1.68. The molecule has 21 heavy (non-hydrogen) atoms. The molecule has 2 rings (SSSR count). The van der Waals surface area contributed by atoms with Crippen molar-refractivity contribution < 1.29 is 4.39 Å². The number of hydrogen-bond acceptors (Lipinski definition) is 2. The van der Waals surface area contributed by atoms with Crippen LogP contribution in [0.1, 0.15) is 43.3 Å². The predicted molar refractivity (Wildman–Crippen MR) is 84.3 cm³/mol. The van der Waals surface area contributed by atoms with E-state index in [4.69, 9.17) is 0 Å². The molecule has 0 fully saturated rings. The summed E-state index contributed by atoms with van der Waals surface area (Å²) in [6, 6.07) is 5.25. The lowest BCUT2D eigenvalue weighted by atomic mass is 10.1. The van der Waals surface area contributed by atoms with Crippen LogP contribution in [0.15, 0.2) is 18.2 Å². The highest BCUT2D eigenvalue weighted by atomic mass is 19.1. The minimum Gasteiger partial charge on any atom is -0.310 e. The summed E-state index contributed by atoms with van der Waals surface area (Å²) >= 11 is 0. The fourth-order valence-electron chi connectivity index (χ4n) is 2.64. The molecule has 1 N–H and O–H groups in total. The quantitative estimate of drug-likeness (QED) is 0.910. The van der Waals surface area contributed by atoms with Crippen LogP contribution in [0.2, 0.25) is 0 Å². The van der Waals surface area contributed by atoms with Crippen molar-refractivity contribution in [2.45, 2.75) is 53.6 Å². The zero-order chi connectivity index (χ0) is 15.6. The molecule has 0 spiro atoms. The van der Waals surface area contributed by atoms with Crippen molar-refractivity contribution in [3.05, 3.63) is 46.5 Å². The molecular formula is C17H24FN3. The Morgan fingerprint density at radius 2 is 2.00 bits per heavy atom. The topological polar surface area (TPSA) is 29.9 Å². The smallest absolute Gasteiger partial charge is 0.123 e. The van der Waals surface area contributed by atoms with Gasteiger partial charge in [-0.05, 0) is 49.6 Å². The van der Waals surface area contributed by atoms with Crippen LogP contribution in [0.5, 0.6) is 0 Å². The van der Waals surface area contributed by atoms with Gasteiger partial charge in [0.2, 0.25) is 0 Å². The first-order valence-corrected chi connectivity index (χ1v) is 7.51. The Balaban J connectivity index is 2.48. The van der Waals surface area contributed by atoms with Crippen LogP contribution in [-0.2, 0) is 13.0 Å². The van der Waals surface area contributed by atoms with Gasteiger partial charge in [-0.15, -0.1) is 0 Å². The minimum absolute atomic E-state index is 0.212. The van der Waals surface area contributed by atoms with Crippen LogP contribution >= 0.6 is 0 Å². The summed E-state index contributed by atoms with van der Waals surface area (Å²) in [7, 11) is 0. The predicted octanol–water partition coefficient (Wildman–Crippen LogP) is 3.69. The summed E-state index contributed by atoms with van der Waals surface area (Å²) in [4.78, 5) is 0. The number of aromatic nitrogens is 2. The van der Waals surface area contributed by atoms with Crippen molar-refractivity contribution in [1.82, 2.24) is 15.1 Å². The SMILES string of the molecule is CCc1c(C)nn(-c2ccc(F)cc2CNC(C)C)c1C. The van der Waals surface area contributed by atoms with E-state index in [0.717, 1.165) is 29.1 Å². The molecule has 4 heteroatoms. The second kappa shape index (κ2) is 6.39. The molecule has 2 aromatic rings. The first kappa shape index (κ1) is 15.7. The molecule has 0 aliphatic heterocycles. The number of nitrogens with zero attached hydrogens (tertiary/aromatic N) is 2. The molecule has 0 unspecified atom stereocenters. The average molecular weight is 289 g/mol. The number of nitrogens with one attached hydrogen (secondary N) is 1. The first-order valence-electron chi connectivity index (χ1n) is 7.51. The van der Waals surface area contributed by atoms with Crippen molar-refractivity contribution >= 4 is 0 Å². The summed E-state index contributed by atoms with van der Waals surface area (Å²) in [6.45, 7) is 11.0. The number of halogens is 1. The fourth-order valence-corrected chi connectivity index (χ4v) is 2.64. The van der Waals surface area contributed by atoms with Gasteiger partial charge in [0.15, 0.2) is 0 Å². The number of benzene rings is 1. The highest BCUT2D eigenvalue weighted by Crippen LogP contribution is 2.22. The second-order valence-electron chi connectivity index (χ2n) is 5.72. The highest BCUT2D eigenvalue weighted by Gasteiger charge is 2.14. The van der Waals surface area contributed by atoms with Crippen molar-refractivity contribution in [1.29, 1.82) is 0 Å². The maximum atomic E-state index is 13.6. The van der Waals surface area contributed by atoms with Crippen molar-refractivity contribution in [2.24, 2.45) is 0 Å². The largest absolute Gasteiger partial charge is 0.310 e. The molecular weight excluding hydrogens is 265 g/mol. The Labute approximate surface area is 126 Å². The standard InChI is InChI=1S/C17H24FN3/c1-6-16-12(4)20-21(13(16)5)17-8-7-15(18)9-14(17)10-19-11(2)3/h7-9,11,19H,6,10H2,1-5H3. The number of aryl methyl sites for hydroxylation is 1. The fraction of sp³-hybridized carbons (Fsp3) is 0.471. The van der Waals surface area contributed by atoms with Crippen LogP contribution in [0.25, 0.3) is 5.69 Å². The average Bonchev–Trinajstić information content (AvgIpc) is 2.71. The molecule has 114 valence electrons. The molecule has 0 radical (unpaired) electrons. The Morgan fingerprint density at radius 1 is 1.29 bits per heavy atom. The van der Waals surface area contributed by atoms with Crippen LogP contribution in [0.4, 0.5) is 4.39 Å². The molecule has 0 atom stereocenters. The van der Waals surface area contributed by atoms with Crippen molar-refractivity contribution in [3.63, 3.8) is 0 Å². The Bertz CT molecular complexity index is 629. The van der Waals surface area contributed by atoms with Gasteiger partial charge in [0.25, 0.3) is 0 Å². The van der Waals surface area contributed by atoms with E-state index in [1.807, 2.05) is 17.7 Å². The van der Waals surface area contributed by atoms with Gasteiger partial charge in [-0.1, -0.05) is 20.8 Å². The van der Waals surface area contributed by atoms with Crippen molar-refractivity contribution in [3.8, 4) is 5.69 Å². The summed E-state index contributed by atoms with van der Waals surface area (Å²) in [5.74, 6) is -0.212. The van der Waals surface area contributed by atoms with Gasteiger partial charge in [0.1, 0.15) is 5.82 Å². The van der Waals surface area contributed by atoms with Crippen LogP contribution < -0.4 is 5.32 Å². The molecule has 0 bridgehead atoms. The zero-order valence-electron chi connectivity index (χ0n) is 13.5. The molecule has 0 aliphatic rings. The number of hydrogen-bond donors (Lipinski definition) is 1. The number of rotatable bonds is 5. The van der Waals surface area contributed by atoms with E-state index in [0.29, 0.717) is 12.6 Å². The molecule has 0 amide bonds. The van der Waals surface area contributed by atoms with Crippen LogP contribution in [-0.4, -0.2) is 15.8 Å². The highest BCUT2D eigenvalue weighted by molar-refractivity contribution is 5.44. The van der Waals surface area contributed by atoms with Gasteiger partial charge in [-0.25, -0.2) is 9.07 Å². The maximum absolute atomic E-state index is 13.6. The molecule has 0 aliphatic carbocycles. The van der Waals surface area contributed by atoms with Gasteiger partial charge >= 0.3 is 0 Å². The first-order chi connectivity index (χ1) is 9.93. The van der Waals surface area contributed by atoms with Crippen LogP contribution in [0.3, 0.4) is 0 Å². The summed E-state index contributed by atoms with van der Waals surface area (Å²) < 4.78 is 15.5. The van der Waals surface area contributed by atoms with Gasteiger partial charge in [-0.2, -0.15) is 5.10 Å². The van der Waals surface area contributed by atoms with Gasteiger partial charge in [0.05, 0.1) is 11.4 Å². The van der Waals surface area contributed by atoms with E-state index in [-0.39, 0.29) is 5.82 Å². The van der Waals surface area contributed by atoms with Gasteiger partial charge in [-0.3, -0.25) is 0 Å². The van der Waals surface area contributed by atoms with Gasteiger partial charge in [0, 0.05) is 18.3 Å². The van der Waals surface area contributed by atoms with E-state index in [1.54, 1.807) is 6.07 Å². The third-order valence-corrected chi connectivity index (χ3v) is 3.77. The molecule has 0 saturated heterocycles. The summed E-state index contributed by atoms with van der Waals surface area (Å²) in [6.07, 6.45) is 0.957. The Morgan fingerprint density at radius 3 is 2.57 bits per heavy atom. The normalized spacial score (nSPS) is 11.4. The van der Waals surface area contributed by atoms with Crippen molar-refractivity contribution in [2.75, 3.05) is 0 Å². The monoisotopic (exact) mass is 289 g/mol. The lowest BCUT2D eigenvalue weighted by molar-refractivity contribution is 0.578. The third kappa shape index (κ3) is 3.32. The Kier molecular flexibility index (Phi) is 4.78. The summed E-state index contributed by atoms with van der Waals surface area (Å²) in [5, 5.41) is 7.98. The molecule has 0 saturated carbocycles. The zero-order valence-corrected chi connectivity index (χ0v) is 13.5. The molecule has 1 heterocycles. The lowest BCUT2D eigenvalue weighted by Gasteiger charge is -2.14. The maximum Gasteiger partial charge on any atom is 0.123 e. The minimum atomic E-state index is -0.212.